The van der Waals surface area contributed by atoms with Crippen molar-refractivity contribution in [1.82, 2.24) is 20.0 Å². The van der Waals surface area contributed by atoms with Gasteiger partial charge in [0.25, 0.3) is 11.5 Å². The van der Waals surface area contributed by atoms with E-state index in [0.717, 1.165) is 28.4 Å². The zero-order valence-electron chi connectivity index (χ0n) is 16.5. The van der Waals surface area contributed by atoms with Crippen LogP contribution in [0.2, 0.25) is 0 Å². The molecule has 3 aromatic rings. The summed E-state index contributed by atoms with van der Waals surface area (Å²) in [5, 5.41) is 4.58. The van der Waals surface area contributed by atoms with Crippen LogP contribution in [-0.4, -0.2) is 52.1 Å². The smallest absolute Gasteiger partial charge is 0.260 e. The molecule has 8 nitrogen and oxygen atoms in total. The summed E-state index contributed by atoms with van der Waals surface area (Å²) >= 11 is 1.57. The van der Waals surface area contributed by atoms with E-state index in [1.165, 1.54) is 4.90 Å². The highest BCUT2D eigenvalue weighted by atomic mass is 32.1. The Kier molecular flexibility index (Phi) is 4.80. The summed E-state index contributed by atoms with van der Waals surface area (Å²) in [6.45, 7) is 11.1. The normalized spacial score (nSPS) is 15.5. The highest BCUT2D eigenvalue weighted by Crippen LogP contribution is 2.25. The van der Waals surface area contributed by atoms with Crippen LogP contribution in [-0.2, 0) is 6.54 Å². The van der Waals surface area contributed by atoms with Gasteiger partial charge >= 0.3 is 0 Å². The lowest BCUT2D eigenvalue weighted by Crippen LogP contribution is -3.13. The molecule has 4 heterocycles. The number of thiophene rings is 1. The van der Waals surface area contributed by atoms with Gasteiger partial charge in [-0.05, 0) is 33.3 Å². The van der Waals surface area contributed by atoms with Crippen LogP contribution in [0, 0.1) is 27.7 Å². The molecule has 1 aliphatic heterocycles. The summed E-state index contributed by atoms with van der Waals surface area (Å²) in [6, 6.07) is 0. The Morgan fingerprint density at radius 2 is 1.96 bits per heavy atom. The van der Waals surface area contributed by atoms with E-state index in [1.807, 2.05) is 18.7 Å². The first-order valence-corrected chi connectivity index (χ1v) is 10.2. The topological polar surface area (TPSA) is 96.5 Å². The lowest BCUT2D eigenvalue weighted by atomic mass is 10.1. The maximum atomic E-state index is 12.8. The molecule has 0 spiro atoms. The van der Waals surface area contributed by atoms with E-state index in [4.69, 9.17) is 4.52 Å². The number of rotatable bonds is 3. The van der Waals surface area contributed by atoms with Crippen LogP contribution in [0.15, 0.2) is 9.32 Å². The van der Waals surface area contributed by atoms with E-state index in [0.29, 0.717) is 47.9 Å². The number of piperazine rings is 1. The Labute approximate surface area is 166 Å². The number of nitrogens with one attached hydrogen (secondary N) is 2. The van der Waals surface area contributed by atoms with Gasteiger partial charge in [0.1, 0.15) is 22.7 Å². The molecule has 4 rings (SSSR count). The molecular weight excluding hydrogens is 378 g/mol. The van der Waals surface area contributed by atoms with Gasteiger partial charge in [0.15, 0.2) is 5.82 Å². The summed E-state index contributed by atoms with van der Waals surface area (Å²) in [6.07, 6.45) is 0. The number of nitrogens with zero attached hydrogens (tertiary/aromatic N) is 3. The molecule has 1 fully saturated rings. The fourth-order valence-corrected chi connectivity index (χ4v) is 4.82. The molecule has 0 aliphatic carbocycles. The van der Waals surface area contributed by atoms with Gasteiger partial charge in [-0.3, -0.25) is 9.59 Å². The summed E-state index contributed by atoms with van der Waals surface area (Å²) in [7, 11) is 0. The Morgan fingerprint density at radius 3 is 2.61 bits per heavy atom. The minimum atomic E-state index is -0.0616. The predicted octanol–water partition coefficient (Wildman–Crippen LogP) is 0.747. The molecule has 9 heteroatoms. The first kappa shape index (κ1) is 18.8. The van der Waals surface area contributed by atoms with E-state index in [-0.39, 0.29) is 11.5 Å². The van der Waals surface area contributed by atoms with Crippen molar-refractivity contribution in [3.63, 3.8) is 0 Å². The second-order valence-corrected chi connectivity index (χ2v) is 8.60. The number of hydrogen-bond acceptors (Lipinski definition) is 6. The summed E-state index contributed by atoms with van der Waals surface area (Å²) < 4.78 is 5.12. The molecule has 0 unspecified atom stereocenters. The largest absolute Gasteiger partial charge is 0.361 e. The first-order chi connectivity index (χ1) is 13.3. The molecular formula is C19H24N5O3S+. The van der Waals surface area contributed by atoms with Crippen LogP contribution in [0.4, 0.5) is 0 Å². The third kappa shape index (κ3) is 3.24. The van der Waals surface area contributed by atoms with Gasteiger partial charge in [-0.25, -0.2) is 4.98 Å². The SMILES string of the molecule is Cc1noc(C)c1C(=O)N1CC[NH+](Cc2nc3sc(C)c(C)c3c(=O)[nH]2)CC1. The Balaban J connectivity index is 1.44. The third-order valence-corrected chi connectivity index (χ3v) is 6.61. The van der Waals surface area contributed by atoms with Crippen molar-refractivity contribution < 1.29 is 14.2 Å². The highest BCUT2D eigenvalue weighted by molar-refractivity contribution is 7.18. The highest BCUT2D eigenvalue weighted by Gasteiger charge is 2.28. The molecule has 148 valence electrons. The van der Waals surface area contributed by atoms with Gasteiger partial charge in [0.05, 0.1) is 37.3 Å². The van der Waals surface area contributed by atoms with Crippen molar-refractivity contribution in [2.24, 2.45) is 0 Å². The van der Waals surface area contributed by atoms with E-state index >= 15 is 0 Å². The molecule has 1 aliphatic rings. The minimum absolute atomic E-state index is 0.0206. The predicted molar refractivity (Wildman–Crippen MR) is 106 cm³/mol. The third-order valence-electron chi connectivity index (χ3n) is 5.51. The molecule has 1 saturated heterocycles. The second-order valence-electron chi connectivity index (χ2n) is 7.39. The number of aromatic nitrogens is 3. The van der Waals surface area contributed by atoms with E-state index in [9.17, 15) is 9.59 Å². The fraction of sp³-hybridized carbons (Fsp3) is 0.474. The van der Waals surface area contributed by atoms with Crippen LogP contribution in [0.1, 0.15) is 38.1 Å². The zero-order chi connectivity index (χ0) is 20.0. The number of H-pyrrole nitrogens is 1. The number of hydrogen-bond donors (Lipinski definition) is 2. The molecule has 1 amide bonds. The van der Waals surface area contributed by atoms with Crippen LogP contribution < -0.4 is 10.5 Å². The van der Waals surface area contributed by atoms with Gasteiger partial charge in [-0.15, -0.1) is 11.3 Å². The summed E-state index contributed by atoms with van der Waals surface area (Å²) in [5.41, 5.74) is 2.16. The number of fused-ring (bicyclic) bond motifs is 1. The van der Waals surface area contributed by atoms with Crippen LogP contribution in [0.25, 0.3) is 10.2 Å². The average molecular weight is 403 g/mol. The first-order valence-electron chi connectivity index (χ1n) is 9.39. The number of aryl methyl sites for hydroxylation is 4. The fourth-order valence-electron chi connectivity index (χ4n) is 3.77. The number of carbonyl (C=O) groups is 1. The molecule has 0 radical (unpaired) electrons. The Bertz CT molecular complexity index is 1090. The zero-order valence-corrected chi connectivity index (χ0v) is 17.3. The van der Waals surface area contributed by atoms with E-state index in [1.54, 1.807) is 25.2 Å². The van der Waals surface area contributed by atoms with Crippen LogP contribution >= 0.6 is 11.3 Å². The van der Waals surface area contributed by atoms with Crippen molar-refractivity contribution in [3.05, 3.63) is 43.6 Å². The molecule has 3 aromatic heterocycles. The Hall–Kier alpha value is -2.52. The maximum absolute atomic E-state index is 12.8. The number of amides is 1. The van der Waals surface area contributed by atoms with Crippen molar-refractivity contribution in [2.75, 3.05) is 26.2 Å². The average Bonchev–Trinajstić information content (AvgIpc) is 3.14. The standard InChI is InChI=1S/C19H23N5O3S/c1-10-13(4)28-18-15(10)17(25)20-14(21-18)9-23-5-7-24(8-6-23)19(26)16-11(2)22-27-12(16)3/h5-9H2,1-4H3,(H,20,21,25)/p+1. The van der Waals surface area contributed by atoms with Crippen molar-refractivity contribution in [1.29, 1.82) is 0 Å². The maximum Gasteiger partial charge on any atom is 0.260 e. The summed E-state index contributed by atoms with van der Waals surface area (Å²) in [4.78, 5) is 37.9. The van der Waals surface area contributed by atoms with Gasteiger partial charge in [0, 0.05) is 4.88 Å². The quantitative estimate of drug-likeness (QED) is 0.674. The molecule has 0 atom stereocenters. The second kappa shape index (κ2) is 7.14. The summed E-state index contributed by atoms with van der Waals surface area (Å²) in [5.74, 6) is 1.25. The molecule has 0 saturated carbocycles. The van der Waals surface area contributed by atoms with Gasteiger partial charge in [-0.1, -0.05) is 5.16 Å². The van der Waals surface area contributed by atoms with Gasteiger partial charge < -0.3 is 19.3 Å². The van der Waals surface area contributed by atoms with Crippen LogP contribution in [0.3, 0.4) is 0 Å². The van der Waals surface area contributed by atoms with Gasteiger partial charge in [-0.2, -0.15) is 0 Å². The molecule has 2 N–H and O–H groups in total. The number of quaternary nitrogens is 1. The Morgan fingerprint density at radius 1 is 1.25 bits per heavy atom. The lowest BCUT2D eigenvalue weighted by Gasteiger charge is -2.31. The van der Waals surface area contributed by atoms with Gasteiger partial charge in [0.2, 0.25) is 0 Å². The molecule has 28 heavy (non-hydrogen) atoms. The van der Waals surface area contributed by atoms with Crippen molar-refractivity contribution in [2.45, 2.75) is 34.2 Å². The molecule has 0 aromatic carbocycles. The molecule has 0 bridgehead atoms. The number of carbonyl (C=O) groups excluding carboxylic acids is 1. The van der Waals surface area contributed by atoms with Crippen molar-refractivity contribution >= 4 is 27.5 Å². The lowest BCUT2D eigenvalue weighted by molar-refractivity contribution is -0.918. The van der Waals surface area contributed by atoms with E-state index < -0.39 is 0 Å². The number of aromatic amines is 1. The van der Waals surface area contributed by atoms with E-state index in [2.05, 4.69) is 15.1 Å². The monoisotopic (exact) mass is 402 g/mol. The van der Waals surface area contributed by atoms with Crippen molar-refractivity contribution in [3.8, 4) is 0 Å². The van der Waals surface area contributed by atoms with Crippen LogP contribution in [0.5, 0.6) is 0 Å². The minimum Gasteiger partial charge on any atom is -0.361 e.